The van der Waals surface area contributed by atoms with Crippen LogP contribution in [0.15, 0.2) is 36.5 Å². The fourth-order valence-corrected chi connectivity index (χ4v) is 1.75. The molecule has 0 bridgehead atoms. The van der Waals surface area contributed by atoms with Gasteiger partial charge < -0.3 is 15.6 Å². The van der Waals surface area contributed by atoms with Gasteiger partial charge in [-0.25, -0.2) is 4.79 Å². The van der Waals surface area contributed by atoms with Crippen molar-refractivity contribution >= 4 is 11.7 Å². The van der Waals surface area contributed by atoms with Gasteiger partial charge in [0.15, 0.2) is 5.75 Å². The fraction of sp³-hybridized carbons (Fsp3) is 0.0769. The van der Waals surface area contributed by atoms with Crippen LogP contribution in [0.4, 0.5) is 5.69 Å². The predicted octanol–water partition coefficient (Wildman–Crippen LogP) is 2.04. The SMILES string of the molecule is COc1c(N)ccnc1-c1ccccc1C(=O)O. The van der Waals surface area contributed by atoms with Crippen molar-refractivity contribution < 1.29 is 14.6 Å². The van der Waals surface area contributed by atoms with Gasteiger partial charge in [-0.1, -0.05) is 18.2 Å². The van der Waals surface area contributed by atoms with E-state index in [1.165, 1.54) is 19.4 Å². The molecule has 5 nitrogen and oxygen atoms in total. The lowest BCUT2D eigenvalue weighted by atomic mass is 10.0. The molecule has 5 heteroatoms. The summed E-state index contributed by atoms with van der Waals surface area (Å²) in [5.41, 5.74) is 7.27. The van der Waals surface area contributed by atoms with Crippen LogP contribution in [0.3, 0.4) is 0 Å². The van der Waals surface area contributed by atoms with E-state index in [4.69, 9.17) is 15.6 Å². The molecule has 0 unspecified atom stereocenters. The van der Waals surface area contributed by atoms with Crippen LogP contribution in [0, 0.1) is 0 Å². The number of hydrogen-bond acceptors (Lipinski definition) is 4. The van der Waals surface area contributed by atoms with E-state index in [0.29, 0.717) is 22.7 Å². The summed E-state index contributed by atoms with van der Waals surface area (Å²) < 4.78 is 5.18. The van der Waals surface area contributed by atoms with Gasteiger partial charge in [0.2, 0.25) is 0 Å². The molecule has 0 fully saturated rings. The maximum Gasteiger partial charge on any atom is 0.336 e. The number of pyridine rings is 1. The van der Waals surface area contributed by atoms with Crippen LogP contribution in [0.25, 0.3) is 11.3 Å². The number of aromatic carboxylic acids is 1. The van der Waals surface area contributed by atoms with Crippen LogP contribution < -0.4 is 10.5 Å². The zero-order valence-electron chi connectivity index (χ0n) is 9.75. The second-order valence-corrected chi connectivity index (χ2v) is 3.63. The summed E-state index contributed by atoms with van der Waals surface area (Å²) in [6, 6.07) is 8.19. The smallest absolute Gasteiger partial charge is 0.336 e. The van der Waals surface area contributed by atoms with Crippen molar-refractivity contribution in [3.8, 4) is 17.0 Å². The number of nitrogens with two attached hydrogens (primary N) is 1. The maximum absolute atomic E-state index is 11.2. The Morgan fingerprint density at radius 2 is 2.06 bits per heavy atom. The second kappa shape index (κ2) is 4.75. The Morgan fingerprint density at radius 1 is 1.33 bits per heavy atom. The number of aromatic nitrogens is 1. The standard InChI is InChI=1S/C13H12N2O3/c1-18-12-10(14)6-7-15-11(12)8-4-2-3-5-9(8)13(16)17/h2-7H,1H3,(H2,14,15)(H,16,17). The topological polar surface area (TPSA) is 85.4 Å². The van der Waals surface area contributed by atoms with Gasteiger partial charge in [0.25, 0.3) is 0 Å². The number of ether oxygens (including phenoxy) is 1. The summed E-state index contributed by atoms with van der Waals surface area (Å²) in [5.74, 6) is -0.636. The first kappa shape index (κ1) is 11.9. The van der Waals surface area contributed by atoms with Crippen LogP contribution in [0.2, 0.25) is 0 Å². The minimum absolute atomic E-state index is 0.161. The molecule has 3 N–H and O–H groups in total. The van der Waals surface area contributed by atoms with E-state index in [0.717, 1.165) is 0 Å². The van der Waals surface area contributed by atoms with Crippen LogP contribution in [0.1, 0.15) is 10.4 Å². The Morgan fingerprint density at radius 3 is 2.72 bits per heavy atom. The molecule has 2 rings (SSSR count). The van der Waals surface area contributed by atoms with Gasteiger partial charge in [0.05, 0.1) is 18.4 Å². The van der Waals surface area contributed by atoms with Gasteiger partial charge in [-0.2, -0.15) is 0 Å². The lowest BCUT2D eigenvalue weighted by Gasteiger charge is -2.11. The lowest BCUT2D eigenvalue weighted by molar-refractivity contribution is 0.0697. The molecule has 0 aliphatic rings. The van der Waals surface area contributed by atoms with Crippen LogP contribution in [0.5, 0.6) is 5.75 Å². The van der Waals surface area contributed by atoms with Gasteiger partial charge in [-0.05, 0) is 12.1 Å². The number of benzene rings is 1. The molecule has 1 heterocycles. The Hall–Kier alpha value is -2.56. The highest BCUT2D eigenvalue weighted by Gasteiger charge is 2.17. The van der Waals surface area contributed by atoms with Gasteiger partial charge in [-0.15, -0.1) is 0 Å². The lowest BCUT2D eigenvalue weighted by Crippen LogP contribution is -2.02. The Bertz CT molecular complexity index is 597. The van der Waals surface area contributed by atoms with Gasteiger partial charge in [0, 0.05) is 11.8 Å². The first-order chi connectivity index (χ1) is 8.65. The molecule has 0 aliphatic heterocycles. The average molecular weight is 244 g/mol. The normalized spacial score (nSPS) is 10.1. The number of carboxylic acids is 1. The molecule has 1 aromatic carbocycles. The van der Waals surface area contributed by atoms with E-state index in [9.17, 15) is 4.79 Å². The predicted molar refractivity (Wildman–Crippen MR) is 67.6 cm³/mol. The van der Waals surface area contributed by atoms with Crippen molar-refractivity contribution in [3.63, 3.8) is 0 Å². The van der Waals surface area contributed by atoms with Gasteiger partial charge in [-0.3, -0.25) is 4.98 Å². The number of methoxy groups -OCH3 is 1. The maximum atomic E-state index is 11.2. The first-order valence-electron chi connectivity index (χ1n) is 5.26. The fourth-order valence-electron chi connectivity index (χ4n) is 1.75. The van der Waals surface area contributed by atoms with E-state index in [2.05, 4.69) is 4.98 Å². The van der Waals surface area contributed by atoms with Crippen molar-refractivity contribution in [2.75, 3.05) is 12.8 Å². The summed E-state index contributed by atoms with van der Waals surface area (Å²) in [6.45, 7) is 0. The van der Waals surface area contributed by atoms with Crippen molar-refractivity contribution in [2.45, 2.75) is 0 Å². The number of carboxylic acid groups (broad SMARTS) is 1. The molecule has 0 radical (unpaired) electrons. The molecule has 0 saturated heterocycles. The zero-order valence-corrected chi connectivity index (χ0v) is 9.75. The van der Waals surface area contributed by atoms with Crippen LogP contribution >= 0.6 is 0 Å². The molecule has 0 atom stereocenters. The third-order valence-corrected chi connectivity index (χ3v) is 2.55. The number of carbonyl (C=O) groups is 1. The number of rotatable bonds is 3. The third-order valence-electron chi connectivity index (χ3n) is 2.55. The number of nitrogen functional groups attached to an aromatic ring is 1. The third kappa shape index (κ3) is 1.98. The Kier molecular flexibility index (Phi) is 3.14. The van der Waals surface area contributed by atoms with E-state index in [1.54, 1.807) is 24.3 Å². The monoisotopic (exact) mass is 244 g/mol. The average Bonchev–Trinajstić information content (AvgIpc) is 2.38. The van der Waals surface area contributed by atoms with Crippen molar-refractivity contribution in [1.29, 1.82) is 0 Å². The number of anilines is 1. The van der Waals surface area contributed by atoms with Crippen LogP contribution in [-0.2, 0) is 0 Å². The molecule has 92 valence electrons. The summed E-state index contributed by atoms with van der Waals surface area (Å²) in [5, 5.41) is 9.16. The number of hydrogen-bond donors (Lipinski definition) is 2. The number of nitrogens with zero attached hydrogens (tertiary/aromatic N) is 1. The van der Waals surface area contributed by atoms with E-state index in [-0.39, 0.29) is 5.56 Å². The summed E-state index contributed by atoms with van der Waals surface area (Å²) >= 11 is 0. The molecular formula is C13H12N2O3. The highest BCUT2D eigenvalue weighted by atomic mass is 16.5. The molecule has 0 amide bonds. The second-order valence-electron chi connectivity index (χ2n) is 3.63. The highest BCUT2D eigenvalue weighted by Crippen LogP contribution is 2.34. The molecule has 0 aliphatic carbocycles. The van der Waals surface area contributed by atoms with E-state index in [1.807, 2.05) is 0 Å². The molecule has 18 heavy (non-hydrogen) atoms. The molecule has 0 saturated carbocycles. The minimum Gasteiger partial charge on any atom is -0.492 e. The largest absolute Gasteiger partial charge is 0.492 e. The van der Waals surface area contributed by atoms with Crippen molar-refractivity contribution in [2.24, 2.45) is 0 Å². The van der Waals surface area contributed by atoms with E-state index < -0.39 is 5.97 Å². The summed E-state index contributed by atoms with van der Waals surface area (Å²) in [7, 11) is 1.47. The van der Waals surface area contributed by atoms with Crippen LogP contribution in [-0.4, -0.2) is 23.2 Å². The molecule has 1 aromatic heterocycles. The molecule has 2 aromatic rings. The Balaban J connectivity index is 2.70. The van der Waals surface area contributed by atoms with Gasteiger partial charge >= 0.3 is 5.97 Å². The summed E-state index contributed by atoms with van der Waals surface area (Å²) in [4.78, 5) is 15.3. The quantitative estimate of drug-likeness (QED) is 0.862. The van der Waals surface area contributed by atoms with Crippen molar-refractivity contribution in [1.82, 2.24) is 4.98 Å². The molecule has 0 spiro atoms. The van der Waals surface area contributed by atoms with Crippen molar-refractivity contribution in [3.05, 3.63) is 42.1 Å². The Labute approximate surface area is 104 Å². The van der Waals surface area contributed by atoms with Gasteiger partial charge in [0.1, 0.15) is 5.69 Å². The highest BCUT2D eigenvalue weighted by molar-refractivity contribution is 5.96. The summed E-state index contributed by atoms with van der Waals surface area (Å²) in [6.07, 6.45) is 1.52. The first-order valence-corrected chi connectivity index (χ1v) is 5.26. The molecular weight excluding hydrogens is 232 g/mol. The van der Waals surface area contributed by atoms with E-state index >= 15 is 0 Å². The zero-order chi connectivity index (χ0) is 13.1. The minimum atomic E-state index is -1.02.